The molecule has 1 atom stereocenters. The van der Waals surface area contributed by atoms with Crippen molar-refractivity contribution in [2.75, 3.05) is 18.4 Å². The van der Waals surface area contributed by atoms with Crippen molar-refractivity contribution in [3.63, 3.8) is 0 Å². The summed E-state index contributed by atoms with van der Waals surface area (Å²) in [5, 5.41) is 12.2. The van der Waals surface area contributed by atoms with Gasteiger partial charge in [-0.25, -0.2) is 0 Å². The van der Waals surface area contributed by atoms with Gasteiger partial charge in [0.1, 0.15) is 6.04 Å². The summed E-state index contributed by atoms with van der Waals surface area (Å²) in [6.07, 6.45) is 6.69. The SMILES string of the molecule is C[C@@H](Nc1nnc(-c2ccc3ncccc3c2)o1)C(=O)N1CCC2(CC1)CC2. The van der Waals surface area contributed by atoms with Crippen LogP contribution in [0.4, 0.5) is 6.01 Å². The minimum atomic E-state index is -0.401. The van der Waals surface area contributed by atoms with E-state index in [2.05, 4.69) is 20.5 Å². The van der Waals surface area contributed by atoms with E-state index >= 15 is 0 Å². The maximum Gasteiger partial charge on any atom is 0.316 e. The molecular formula is C21H23N5O2. The van der Waals surface area contributed by atoms with Crippen LogP contribution in [0.25, 0.3) is 22.4 Å². The van der Waals surface area contributed by atoms with E-state index in [1.54, 1.807) is 6.20 Å². The number of hydrogen-bond acceptors (Lipinski definition) is 6. The Kier molecular flexibility index (Phi) is 4.03. The molecular weight excluding hydrogens is 354 g/mol. The van der Waals surface area contributed by atoms with E-state index in [-0.39, 0.29) is 11.9 Å². The lowest BCUT2D eigenvalue weighted by Gasteiger charge is -2.33. The third-order valence-electron chi connectivity index (χ3n) is 6.08. The third kappa shape index (κ3) is 3.21. The minimum absolute atomic E-state index is 0.0898. The average molecular weight is 377 g/mol. The fourth-order valence-electron chi connectivity index (χ4n) is 4.01. The second-order valence-corrected chi connectivity index (χ2v) is 8.01. The van der Waals surface area contributed by atoms with Crippen LogP contribution in [-0.4, -0.2) is 45.1 Å². The van der Waals surface area contributed by atoms with Crippen LogP contribution in [0.3, 0.4) is 0 Å². The molecule has 2 aliphatic rings. The van der Waals surface area contributed by atoms with E-state index in [4.69, 9.17) is 4.42 Å². The number of piperidine rings is 1. The number of fused-ring (bicyclic) bond motifs is 1. The lowest BCUT2D eigenvalue weighted by Crippen LogP contribution is -2.45. The molecule has 2 fully saturated rings. The van der Waals surface area contributed by atoms with Crippen molar-refractivity contribution in [2.24, 2.45) is 5.41 Å². The second-order valence-electron chi connectivity index (χ2n) is 8.01. The summed E-state index contributed by atoms with van der Waals surface area (Å²) in [6.45, 7) is 3.55. The molecule has 28 heavy (non-hydrogen) atoms. The first-order chi connectivity index (χ1) is 13.6. The summed E-state index contributed by atoms with van der Waals surface area (Å²) >= 11 is 0. The Morgan fingerprint density at radius 2 is 2.00 bits per heavy atom. The second kappa shape index (κ2) is 6.58. The fraction of sp³-hybridized carbons (Fsp3) is 0.429. The highest BCUT2D eigenvalue weighted by atomic mass is 16.4. The number of hydrogen-bond donors (Lipinski definition) is 1. The molecule has 7 heteroatoms. The molecule has 3 heterocycles. The molecule has 1 saturated heterocycles. The van der Waals surface area contributed by atoms with Crippen LogP contribution in [0, 0.1) is 5.41 Å². The van der Waals surface area contributed by atoms with Gasteiger partial charge in [0.25, 0.3) is 0 Å². The number of likely N-dealkylation sites (tertiary alicyclic amines) is 1. The molecule has 1 aromatic carbocycles. The summed E-state index contributed by atoms with van der Waals surface area (Å²) in [5.74, 6) is 0.508. The molecule has 2 aromatic heterocycles. The van der Waals surface area contributed by atoms with Crippen molar-refractivity contribution in [1.29, 1.82) is 0 Å². The van der Waals surface area contributed by atoms with E-state index in [1.807, 2.05) is 42.2 Å². The smallest absolute Gasteiger partial charge is 0.316 e. The molecule has 1 spiro atoms. The predicted octanol–water partition coefficient (Wildman–Crippen LogP) is 3.49. The maximum atomic E-state index is 12.7. The Bertz CT molecular complexity index is 1020. The van der Waals surface area contributed by atoms with E-state index in [0.717, 1.165) is 42.4 Å². The number of rotatable bonds is 4. The van der Waals surface area contributed by atoms with Crippen molar-refractivity contribution < 1.29 is 9.21 Å². The van der Waals surface area contributed by atoms with Crippen LogP contribution < -0.4 is 5.32 Å². The number of carbonyl (C=O) groups is 1. The first kappa shape index (κ1) is 17.2. The zero-order valence-electron chi connectivity index (χ0n) is 15.9. The Hall–Kier alpha value is -2.96. The number of anilines is 1. The van der Waals surface area contributed by atoms with E-state index in [1.165, 1.54) is 12.8 Å². The standard InChI is InChI=1S/C21H23N5O2/c1-14(19(27)26-11-8-21(6-7-21)9-12-26)23-20-25-24-18(28-20)16-4-5-17-15(13-16)3-2-10-22-17/h2-5,10,13-14H,6-9,11-12H2,1H3,(H,23,25)/t14-/m1/s1. The molecule has 1 aliphatic carbocycles. The lowest BCUT2D eigenvalue weighted by atomic mass is 9.93. The molecule has 0 unspecified atom stereocenters. The van der Waals surface area contributed by atoms with Gasteiger partial charge in [-0.15, -0.1) is 5.10 Å². The van der Waals surface area contributed by atoms with Gasteiger partial charge in [-0.05, 0) is 62.3 Å². The number of nitrogens with zero attached hydrogens (tertiary/aromatic N) is 4. The number of pyridine rings is 1. The van der Waals surface area contributed by atoms with Gasteiger partial charge in [-0.3, -0.25) is 9.78 Å². The average Bonchev–Trinajstić information content (AvgIpc) is 3.31. The highest BCUT2D eigenvalue weighted by Gasteiger charge is 2.45. The molecule has 3 aromatic rings. The van der Waals surface area contributed by atoms with Crippen molar-refractivity contribution >= 4 is 22.8 Å². The first-order valence-electron chi connectivity index (χ1n) is 9.86. The third-order valence-corrected chi connectivity index (χ3v) is 6.08. The summed E-state index contributed by atoms with van der Waals surface area (Å²) in [7, 11) is 0. The highest BCUT2D eigenvalue weighted by molar-refractivity contribution is 5.84. The number of carbonyl (C=O) groups excluding carboxylic acids is 1. The van der Waals surface area contributed by atoms with E-state index in [0.29, 0.717) is 11.3 Å². The van der Waals surface area contributed by atoms with Gasteiger partial charge in [0.05, 0.1) is 5.52 Å². The predicted molar refractivity (Wildman–Crippen MR) is 106 cm³/mol. The maximum absolute atomic E-state index is 12.7. The Morgan fingerprint density at radius 3 is 2.79 bits per heavy atom. The summed E-state index contributed by atoms with van der Waals surface area (Å²) in [5.41, 5.74) is 2.30. The molecule has 7 nitrogen and oxygen atoms in total. The molecule has 1 aliphatic heterocycles. The van der Waals surface area contributed by atoms with Crippen LogP contribution in [-0.2, 0) is 4.79 Å². The molecule has 1 N–H and O–H groups in total. The van der Waals surface area contributed by atoms with Gasteiger partial charge < -0.3 is 14.6 Å². The molecule has 0 bridgehead atoms. The van der Waals surface area contributed by atoms with Gasteiger partial charge in [0, 0.05) is 30.2 Å². The van der Waals surface area contributed by atoms with Crippen LogP contribution in [0.2, 0.25) is 0 Å². The number of nitrogens with one attached hydrogen (secondary N) is 1. The Balaban J connectivity index is 1.25. The minimum Gasteiger partial charge on any atom is -0.403 e. The number of aromatic nitrogens is 3. The molecule has 0 radical (unpaired) electrons. The van der Waals surface area contributed by atoms with Crippen molar-refractivity contribution in [3.8, 4) is 11.5 Å². The largest absolute Gasteiger partial charge is 0.403 e. The van der Waals surface area contributed by atoms with Crippen LogP contribution in [0.15, 0.2) is 40.9 Å². The van der Waals surface area contributed by atoms with Gasteiger partial charge in [-0.2, -0.15) is 0 Å². The first-order valence-corrected chi connectivity index (χ1v) is 9.86. The summed E-state index contributed by atoms with van der Waals surface area (Å²) in [4.78, 5) is 19.0. The van der Waals surface area contributed by atoms with Gasteiger partial charge in [-0.1, -0.05) is 11.2 Å². The molecule has 1 amide bonds. The fourth-order valence-corrected chi connectivity index (χ4v) is 4.01. The van der Waals surface area contributed by atoms with E-state index in [9.17, 15) is 4.79 Å². The van der Waals surface area contributed by atoms with E-state index < -0.39 is 6.04 Å². The number of amides is 1. The van der Waals surface area contributed by atoms with Crippen LogP contribution in [0.5, 0.6) is 0 Å². The quantitative estimate of drug-likeness (QED) is 0.749. The molecule has 144 valence electrons. The number of benzene rings is 1. The lowest BCUT2D eigenvalue weighted by molar-refractivity contribution is -0.133. The molecule has 5 rings (SSSR count). The van der Waals surface area contributed by atoms with Gasteiger partial charge >= 0.3 is 6.01 Å². The molecule has 1 saturated carbocycles. The monoisotopic (exact) mass is 377 g/mol. The van der Waals surface area contributed by atoms with Crippen LogP contribution in [0.1, 0.15) is 32.6 Å². The topological polar surface area (TPSA) is 84.1 Å². The summed E-state index contributed by atoms with van der Waals surface area (Å²) in [6, 6.07) is 9.55. The Labute approximate surface area is 163 Å². The van der Waals surface area contributed by atoms with Gasteiger partial charge in [0.2, 0.25) is 11.8 Å². The van der Waals surface area contributed by atoms with Gasteiger partial charge in [0.15, 0.2) is 0 Å². The van der Waals surface area contributed by atoms with Crippen molar-refractivity contribution in [2.45, 2.75) is 38.6 Å². The van der Waals surface area contributed by atoms with Crippen molar-refractivity contribution in [3.05, 3.63) is 36.5 Å². The highest BCUT2D eigenvalue weighted by Crippen LogP contribution is 2.53. The summed E-state index contributed by atoms with van der Waals surface area (Å²) < 4.78 is 5.75. The zero-order chi connectivity index (χ0) is 19.1. The zero-order valence-corrected chi connectivity index (χ0v) is 15.9. The Morgan fingerprint density at radius 1 is 1.18 bits per heavy atom. The normalized spacial score (nSPS) is 19.0. The van der Waals surface area contributed by atoms with Crippen LogP contribution >= 0.6 is 0 Å². The van der Waals surface area contributed by atoms with Crippen molar-refractivity contribution in [1.82, 2.24) is 20.1 Å².